The average Bonchev–Trinajstić information content (AvgIpc) is 3.09. The second kappa shape index (κ2) is 6.72. The number of rotatable bonds is 2. The Morgan fingerprint density at radius 3 is 2.77 bits per heavy atom. The molecule has 4 aliphatic rings. The fraction of sp³-hybridized carbons (Fsp3) is 0.375. The molecule has 2 heterocycles. The van der Waals surface area contributed by atoms with E-state index in [4.69, 9.17) is 32.7 Å². The lowest BCUT2D eigenvalue weighted by atomic mass is 9.53. The van der Waals surface area contributed by atoms with Crippen LogP contribution >= 0.6 is 23.2 Å². The van der Waals surface area contributed by atoms with Gasteiger partial charge in [-0.05, 0) is 50.2 Å². The van der Waals surface area contributed by atoms with Crippen LogP contribution in [0.15, 0.2) is 42.5 Å². The molecule has 0 saturated carbocycles. The van der Waals surface area contributed by atoms with E-state index in [9.17, 15) is 9.90 Å². The SMILES string of the molecule is CN1CC[C@]23c4c5ccc(OC(=O)c6c(Cl)cccc6Cl)c4O[C@H]2[C@@H](O)C=C[C@H]3[C@H]1C5. The summed E-state index contributed by atoms with van der Waals surface area (Å²) in [4.78, 5) is 15.3. The minimum atomic E-state index is -0.708. The first-order valence-electron chi connectivity index (χ1n) is 10.5. The van der Waals surface area contributed by atoms with Gasteiger partial charge < -0.3 is 19.5 Å². The quantitative estimate of drug-likeness (QED) is 0.419. The molecule has 5 nitrogen and oxygen atoms in total. The summed E-state index contributed by atoms with van der Waals surface area (Å²) in [7, 11) is 2.16. The predicted octanol–water partition coefficient (Wildman–Crippen LogP) is 4.02. The van der Waals surface area contributed by atoms with E-state index in [-0.39, 0.29) is 26.9 Å². The number of hydrogen-bond donors (Lipinski definition) is 1. The number of halogens is 2. The molecule has 0 aromatic heterocycles. The number of nitrogens with zero attached hydrogens (tertiary/aromatic N) is 1. The van der Waals surface area contributed by atoms with E-state index in [0.29, 0.717) is 17.5 Å². The summed E-state index contributed by atoms with van der Waals surface area (Å²) in [6.07, 6.45) is 4.69. The van der Waals surface area contributed by atoms with Gasteiger partial charge in [-0.3, -0.25) is 0 Å². The zero-order chi connectivity index (χ0) is 21.5. The number of aliphatic hydroxyl groups excluding tert-OH is 1. The lowest BCUT2D eigenvalue weighted by Gasteiger charge is -2.56. The van der Waals surface area contributed by atoms with Crippen molar-refractivity contribution in [2.75, 3.05) is 13.6 Å². The molecule has 2 aliphatic heterocycles. The molecular weight excluding hydrogens is 437 g/mol. The van der Waals surface area contributed by atoms with Crippen molar-refractivity contribution in [2.45, 2.75) is 36.5 Å². The molecular formula is C24H21Cl2NO4. The first-order valence-corrected chi connectivity index (χ1v) is 11.2. The summed E-state index contributed by atoms with van der Waals surface area (Å²) >= 11 is 12.4. The molecule has 2 aromatic carbocycles. The largest absolute Gasteiger partial charge is 0.482 e. The van der Waals surface area contributed by atoms with Crippen LogP contribution in [0.25, 0.3) is 0 Å². The smallest absolute Gasteiger partial charge is 0.346 e. The van der Waals surface area contributed by atoms with Gasteiger partial charge in [-0.15, -0.1) is 0 Å². The molecule has 7 heteroatoms. The van der Waals surface area contributed by atoms with Crippen LogP contribution in [0, 0.1) is 5.92 Å². The minimum Gasteiger partial charge on any atom is -0.482 e. The van der Waals surface area contributed by atoms with Crippen LogP contribution in [-0.4, -0.2) is 47.8 Å². The minimum absolute atomic E-state index is 0.128. The number of aliphatic hydroxyl groups is 1. The number of ether oxygens (including phenoxy) is 2. The Morgan fingerprint density at radius 2 is 2.00 bits per heavy atom. The Kier molecular flexibility index (Phi) is 4.26. The molecule has 2 bridgehead atoms. The first kappa shape index (κ1) is 19.6. The number of hydrogen-bond acceptors (Lipinski definition) is 5. The number of piperidine rings is 1. The van der Waals surface area contributed by atoms with Crippen LogP contribution in [0.1, 0.15) is 27.9 Å². The Morgan fingerprint density at radius 1 is 1.23 bits per heavy atom. The summed E-state index contributed by atoms with van der Waals surface area (Å²) in [5.41, 5.74) is 2.11. The summed E-state index contributed by atoms with van der Waals surface area (Å²) in [6, 6.07) is 9.04. The Bertz CT molecular complexity index is 1130. The number of likely N-dealkylation sites (tertiary alicyclic amines) is 1. The molecule has 2 aliphatic carbocycles. The third-order valence-corrected chi connectivity index (χ3v) is 8.13. The van der Waals surface area contributed by atoms with Crippen molar-refractivity contribution in [3.05, 3.63) is 69.2 Å². The standard InChI is InChI=1S/C24H21Cl2NO4/c1-27-10-9-24-13-6-7-17(28)22(24)31-21-18(8-5-12(20(21)24)11-16(13)27)30-23(29)19-14(25)3-2-4-15(19)26/h2-8,13,16-17,22,28H,9-11H2,1H3/t13-,16+,17-,22-,24-/m0/s1. The van der Waals surface area contributed by atoms with E-state index < -0.39 is 18.2 Å². The number of carbonyl (C=O) groups is 1. The van der Waals surface area contributed by atoms with Gasteiger partial charge in [0, 0.05) is 22.9 Å². The van der Waals surface area contributed by atoms with Crippen molar-refractivity contribution in [3.63, 3.8) is 0 Å². The maximum absolute atomic E-state index is 12.9. The monoisotopic (exact) mass is 457 g/mol. The number of likely N-dealkylation sites (N-methyl/N-ethyl adjacent to an activating group) is 1. The van der Waals surface area contributed by atoms with Gasteiger partial charge in [0.1, 0.15) is 12.2 Å². The summed E-state index contributed by atoms with van der Waals surface area (Å²) in [5, 5.41) is 11.3. The van der Waals surface area contributed by atoms with Crippen molar-refractivity contribution < 1.29 is 19.4 Å². The molecule has 5 atom stereocenters. The van der Waals surface area contributed by atoms with Crippen molar-refractivity contribution >= 4 is 29.2 Å². The van der Waals surface area contributed by atoms with E-state index in [2.05, 4.69) is 18.0 Å². The molecule has 0 radical (unpaired) electrons. The highest BCUT2D eigenvalue weighted by molar-refractivity contribution is 6.39. The summed E-state index contributed by atoms with van der Waals surface area (Å²) in [5.74, 6) is 0.522. The second-order valence-corrected chi connectivity index (χ2v) is 9.71. The van der Waals surface area contributed by atoms with Crippen LogP contribution in [-0.2, 0) is 11.8 Å². The van der Waals surface area contributed by atoms with Crippen LogP contribution in [0.3, 0.4) is 0 Å². The summed E-state index contributed by atoms with van der Waals surface area (Å²) in [6.45, 7) is 0.930. The predicted molar refractivity (Wildman–Crippen MR) is 117 cm³/mol. The molecule has 0 amide bonds. The van der Waals surface area contributed by atoms with Crippen LogP contribution in [0.4, 0.5) is 0 Å². The topological polar surface area (TPSA) is 59.0 Å². The molecule has 31 heavy (non-hydrogen) atoms. The normalized spacial score (nSPS) is 32.4. The number of esters is 1. The average molecular weight is 458 g/mol. The fourth-order valence-electron chi connectivity index (χ4n) is 6.15. The zero-order valence-corrected chi connectivity index (χ0v) is 18.4. The van der Waals surface area contributed by atoms with Crippen molar-refractivity contribution in [1.82, 2.24) is 4.90 Å². The summed E-state index contributed by atoms with van der Waals surface area (Å²) < 4.78 is 12.2. The molecule has 1 spiro atoms. The molecule has 1 N–H and O–H groups in total. The van der Waals surface area contributed by atoms with Crippen molar-refractivity contribution in [3.8, 4) is 11.5 Å². The zero-order valence-electron chi connectivity index (χ0n) is 16.8. The van der Waals surface area contributed by atoms with E-state index in [1.807, 2.05) is 12.1 Å². The molecule has 160 valence electrons. The highest BCUT2D eigenvalue weighted by Crippen LogP contribution is 2.62. The van der Waals surface area contributed by atoms with E-state index in [1.165, 1.54) is 5.56 Å². The lowest BCUT2D eigenvalue weighted by Crippen LogP contribution is -2.64. The first-order chi connectivity index (χ1) is 14.9. The number of benzene rings is 2. The van der Waals surface area contributed by atoms with Crippen LogP contribution < -0.4 is 9.47 Å². The van der Waals surface area contributed by atoms with Gasteiger partial charge in [-0.25, -0.2) is 4.79 Å². The highest BCUT2D eigenvalue weighted by atomic mass is 35.5. The van der Waals surface area contributed by atoms with Gasteiger partial charge >= 0.3 is 5.97 Å². The Balaban J connectivity index is 1.47. The fourth-order valence-corrected chi connectivity index (χ4v) is 6.70. The van der Waals surface area contributed by atoms with E-state index in [1.54, 1.807) is 24.3 Å². The number of carbonyl (C=O) groups excluding carboxylic acids is 1. The Hall–Kier alpha value is -2.05. The van der Waals surface area contributed by atoms with Gasteiger partial charge in [0.05, 0.1) is 15.6 Å². The van der Waals surface area contributed by atoms with Gasteiger partial charge in [0.2, 0.25) is 0 Å². The molecule has 0 unspecified atom stereocenters. The Labute approximate surface area is 190 Å². The third kappa shape index (κ3) is 2.55. The molecule has 2 aromatic rings. The maximum Gasteiger partial charge on any atom is 0.346 e. The van der Waals surface area contributed by atoms with Gasteiger partial charge in [0.15, 0.2) is 11.5 Å². The van der Waals surface area contributed by atoms with Gasteiger partial charge in [-0.1, -0.05) is 47.5 Å². The lowest BCUT2D eigenvalue weighted by molar-refractivity contribution is -0.0453. The van der Waals surface area contributed by atoms with Crippen LogP contribution in [0.5, 0.6) is 11.5 Å². The van der Waals surface area contributed by atoms with Crippen molar-refractivity contribution in [2.24, 2.45) is 5.92 Å². The third-order valence-electron chi connectivity index (χ3n) is 7.50. The second-order valence-electron chi connectivity index (χ2n) is 8.90. The van der Waals surface area contributed by atoms with Crippen LogP contribution in [0.2, 0.25) is 10.0 Å². The van der Waals surface area contributed by atoms with Gasteiger partial charge in [-0.2, -0.15) is 0 Å². The van der Waals surface area contributed by atoms with Crippen molar-refractivity contribution in [1.29, 1.82) is 0 Å². The van der Waals surface area contributed by atoms with E-state index in [0.717, 1.165) is 24.9 Å². The molecule has 1 saturated heterocycles. The van der Waals surface area contributed by atoms with E-state index >= 15 is 0 Å². The maximum atomic E-state index is 12.9. The molecule has 1 fully saturated rings. The molecule has 6 rings (SSSR count). The van der Waals surface area contributed by atoms with Gasteiger partial charge in [0.25, 0.3) is 0 Å². The highest BCUT2D eigenvalue weighted by Gasteiger charge is 2.64.